The summed E-state index contributed by atoms with van der Waals surface area (Å²) in [4.78, 5) is 10.1. The van der Waals surface area contributed by atoms with E-state index in [1.54, 1.807) is 6.07 Å². The molecular formula is C10H9F3O. The zero-order valence-corrected chi connectivity index (χ0v) is 7.29. The molecule has 0 saturated carbocycles. The topological polar surface area (TPSA) is 17.1 Å². The number of aldehydes is 1. The summed E-state index contributed by atoms with van der Waals surface area (Å²) in [6.45, 7) is 0. The first-order valence-electron chi connectivity index (χ1n) is 4.11. The van der Waals surface area contributed by atoms with Crippen molar-refractivity contribution in [3.63, 3.8) is 0 Å². The van der Waals surface area contributed by atoms with Gasteiger partial charge >= 0.3 is 6.18 Å². The van der Waals surface area contributed by atoms with Crippen LogP contribution in [0.25, 0.3) is 0 Å². The smallest absolute Gasteiger partial charge is 0.303 e. The van der Waals surface area contributed by atoms with Gasteiger partial charge < -0.3 is 4.79 Å². The van der Waals surface area contributed by atoms with Gasteiger partial charge in [0.15, 0.2) is 0 Å². The van der Waals surface area contributed by atoms with Crippen LogP contribution >= 0.6 is 0 Å². The molecule has 1 aromatic rings. The minimum absolute atomic E-state index is 0.132. The van der Waals surface area contributed by atoms with Gasteiger partial charge in [-0.2, -0.15) is 13.2 Å². The maximum Gasteiger partial charge on any atom is 0.396 e. The second-order valence-electron chi connectivity index (χ2n) is 2.91. The third-order valence-electron chi connectivity index (χ3n) is 1.93. The molecule has 1 rings (SSSR count). The molecule has 1 aromatic carbocycles. The summed E-state index contributed by atoms with van der Waals surface area (Å²) in [6, 6.07) is 7.44. The average molecular weight is 202 g/mol. The van der Waals surface area contributed by atoms with Crippen LogP contribution in [0.15, 0.2) is 30.3 Å². The van der Waals surface area contributed by atoms with E-state index in [-0.39, 0.29) is 5.56 Å². The van der Waals surface area contributed by atoms with Crippen LogP contribution in [-0.2, 0) is 4.79 Å². The van der Waals surface area contributed by atoms with Crippen molar-refractivity contribution in [2.24, 2.45) is 0 Å². The molecule has 14 heavy (non-hydrogen) atoms. The van der Waals surface area contributed by atoms with Gasteiger partial charge in [-0.05, 0) is 5.56 Å². The predicted octanol–water partition coefficient (Wildman–Crippen LogP) is 2.92. The monoisotopic (exact) mass is 202 g/mol. The van der Waals surface area contributed by atoms with Crippen LogP contribution in [0.5, 0.6) is 0 Å². The highest BCUT2D eigenvalue weighted by atomic mass is 19.4. The lowest BCUT2D eigenvalue weighted by atomic mass is 9.96. The van der Waals surface area contributed by atoms with E-state index in [2.05, 4.69) is 0 Å². The molecule has 0 aliphatic heterocycles. The van der Waals surface area contributed by atoms with Crippen LogP contribution in [0, 0.1) is 0 Å². The minimum Gasteiger partial charge on any atom is -0.303 e. The summed E-state index contributed by atoms with van der Waals surface area (Å²) in [5.41, 5.74) is 0.132. The molecule has 0 unspecified atom stereocenters. The Morgan fingerprint density at radius 1 is 1.21 bits per heavy atom. The van der Waals surface area contributed by atoms with Gasteiger partial charge in [0, 0.05) is 6.42 Å². The van der Waals surface area contributed by atoms with Crippen LogP contribution in [0.1, 0.15) is 17.9 Å². The highest BCUT2D eigenvalue weighted by Crippen LogP contribution is 2.36. The predicted molar refractivity (Wildman–Crippen MR) is 45.9 cm³/mol. The third-order valence-corrected chi connectivity index (χ3v) is 1.93. The Morgan fingerprint density at radius 2 is 1.79 bits per heavy atom. The Hall–Kier alpha value is -1.32. The van der Waals surface area contributed by atoms with E-state index in [1.165, 1.54) is 24.3 Å². The Labute approximate surface area is 79.5 Å². The highest BCUT2D eigenvalue weighted by Gasteiger charge is 2.39. The fraction of sp³-hybridized carbons (Fsp3) is 0.300. The summed E-state index contributed by atoms with van der Waals surface area (Å²) in [5.74, 6) is -1.68. The van der Waals surface area contributed by atoms with Crippen LogP contribution in [0.4, 0.5) is 13.2 Å². The lowest BCUT2D eigenvalue weighted by Crippen LogP contribution is -2.21. The number of carbonyl (C=O) groups excluding carboxylic acids is 1. The Kier molecular flexibility index (Phi) is 3.28. The lowest BCUT2D eigenvalue weighted by Gasteiger charge is -2.17. The first kappa shape index (κ1) is 10.8. The van der Waals surface area contributed by atoms with E-state index >= 15 is 0 Å². The maximum absolute atomic E-state index is 12.4. The highest BCUT2D eigenvalue weighted by molar-refractivity contribution is 5.52. The second-order valence-corrected chi connectivity index (χ2v) is 2.91. The van der Waals surface area contributed by atoms with Crippen molar-refractivity contribution < 1.29 is 18.0 Å². The van der Waals surface area contributed by atoms with Gasteiger partial charge in [0.05, 0.1) is 5.92 Å². The first-order valence-corrected chi connectivity index (χ1v) is 4.11. The van der Waals surface area contributed by atoms with Crippen LogP contribution in [-0.4, -0.2) is 12.5 Å². The quantitative estimate of drug-likeness (QED) is 0.689. The second kappa shape index (κ2) is 4.26. The van der Waals surface area contributed by atoms with Crippen LogP contribution in [0.3, 0.4) is 0 Å². The summed E-state index contributed by atoms with van der Waals surface area (Å²) in [5, 5.41) is 0. The summed E-state index contributed by atoms with van der Waals surface area (Å²) in [6.07, 6.45) is -4.58. The number of rotatable bonds is 3. The molecular weight excluding hydrogens is 193 g/mol. The van der Waals surface area contributed by atoms with Crippen molar-refractivity contribution >= 4 is 6.29 Å². The van der Waals surface area contributed by atoms with E-state index in [9.17, 15) is 18.0 Å². The number of carbonyl (C=O) groups is 1. The van der Waals surface area contributed by atoms with E-state index < -0.39 is 18.5 Å². The van der Waals surface area contributed by atoms with Gasteiger partial charge in [-0.1, -0.05) is 30.3 Å². The molecule has 76 valence electrons. The first-order chi connectivity index (χ1) is 6.55. The Morgan fingerprint density at radius 3 is 2.21 bits per heavy atom. The number of hydrogen-bond acceptors (Lipinski definition) is 1. The minimum atomic E-state index is -4.36. The molecule has 0 heterocycles. The van der Waals surface area contributed by atoms with Gasteiger partial charge in [-0.25, -0.2) is 0 Å². The molecule has 0 aromatic heterocycles. The van der Waals surface area contributed by atoms with Crippen molar-refractivity contribution in [2.45, 2.75) is 18.5 Å². The molecule has 1 nitrogen and oxygen atoms in total. The number of benzene rings is 1. The molecule has 0 bridgehead atoms. The largest absolute Gasteiger partial charge is 0.396 e. The molecule has 0 saturated heterocycles. The van der Waals surface area contributed by atoms with Gasteiger partial charge in [0.25, 0.3) is 0 Å². The van der Waals surface area contributed by atoms with Gasteiger partial charge in [-0.3, -0.25) is 0 Å². The fourth-order valence-corrected chi connectivity index (χ4v) is 1.24. The SMILES string of the molecule is O=CC[C@H](c1ccccc1)C(F)(F)F. The average Bonchev–Trinajstić information content (AvgIpc) is 2.14. The molecule has 0 fully saturated rings. The summed E-state index contributed by atoms with van der Waals surface area (Å²) >= 11 is 0. The van der Waals surface area contributed by atoms with Crippen molar-refractivity contribution in [3.8, 4) is 0 Å². The summed E-state index contributed by atoms with van der Waals surface area (Å²) in [7, 11) is 0. The molecule has 0 spiro atoms. The zero-order valence-electron chi connectivity index (χ0n) is 7.29. The molecule has 0 amide bonds. The maximum atomic E-state index is 12.4. The van der Waals surface area contributed by atoms with Gasteiger partial charge in [0.2, 0.25) is 0 Å². The fourth-order valence-electron chi connectivity index (χ4n) is 1.24. The van der Waals surface area contributed by atoms with E-state index in [1.807, 2.05) is 0 Å². The summed E-state index contributed by atoms with van der Waals surface area (Å²) < 4.78 is 37.3. The molecule has 0 N–H and O–H groups in total. The van der Waals surface area contributed by atoms with E-state index in [0.717, 1.165) is 0 Å². The van der Waals surface area contributed by atoms with Crippen molar-refractivity contribution in [2.75, 3.05) is 0 Å². The number of halogens is 3. The van der Waals surface area contributed by atoms with Gasteiger partial charge in [-0.15, -0.1) is 0 Å². The van der Waals surface area contributed by atoms with Crippen LogP contribution in [0.2, 0.25) is 0 Å². The number of alkyl halides is 3. The lowest BCUT2D eigenvalue weighted by molar-refractivity contribution is -0.154. The van der Waals surface area contributed by atoms with E-state index in [0.29, 0.717) is 6.29 Å². The Bertz CT molecular complexity index is 292. The molecule has 0 radical (unpaired) electrons. The molecule has 0 aliphatic rings. The molecule has 0 aliphatic carbocycles. The number of hydrogen-bond donors (Lipinski definition) is 0. The van der Waals surface area contributed by atoms with Crippen molar-refractivity contribution in [3.05, 3.63) is 35.9 Å². The molecule has 4 heteroatoms. The third kappa shape index (κ3) is 2.58. The van der Waals surface area contributed by atoms with Crippen molar-refractivity contribution in [1.29, 1.82) is 0 Å². The van der Waals surface area contributed by atoms with Gasteiger partial charge in [0.1, 0.15) is 6.29 Å². The van der Waals surface area contributed by atoms with Crippen LogP contribution < -0.4 is 0 Å². The Balaban J connectivity index is 2.95. The molecule has 1 atom stereocenters. The van der Waals surface area contributed by atoms with E-state index in [4.69, 9.17) is 0 Å². The standard InChI is InChI=1S/C10H9F3O/c11-10(12,13)9(6-7-14)8-4-2-1-3-5-8/h1-5,7,9H,6H2/t9-/m1/s1. The zero-order chi connectivity index (χ0) is 10.6. The normalized spacial score (nSPS) is 13.6. The van der Waals surface area contributed by atoms with Crippen molar-refractivity contribution in [1.82, 2.24) is 0 Å².